The van der Waals surface area contributed by atoms with Crippen molar-refractivity contribution in [2.75, 3.05) is 32.8 Å². The van der Waals surface area contributed by atoms with Gasteiger partial charge in [-0.3, -0.25) is 0 Å². The van der Waals surface area contributed by atoms with Crippen LogP contribution in [0.5, 0.6) is 0 Å². The van der Waals surface area contributed by atoms with E-state index in [0.717, 1.165) is 13.2 Å². The summed E-state index contributed by atoms with van der Waals surface area (Å²) in [6, 6.07) is 0.442. The Kier molecular flexibility index (Phi) is 3.65. The lowest BCUT2D eigenvalue weighted by atomic mass is 9.85. The van der Waals surface area contributed by atoms with Crippen molar-refractivity contribution in [3.8, 4) is 0 Å². The Labute approximate surface area is 93.0 Å². The minimum Gasteiger partial charge on any atom is -0.380 e. The fourth-order valence-corrected chi connectivity index (χ4v) is 2.43. The van der Waals surface area contributed by atoms with Crippen LogP contribution in [0.2, 0.25) is 0 Å². The molecule has 0 amide bonds. The third-order valence-corrected chi connectivity index (χ3v) is 3.80. The Morgan fingerprint density at radius 2 is 2.13 bits per heavy atom. The topological polar surface area (TPSA) is 38.5 Å². The highest BCUT2D eigenvalue weighted by Gasteiger charge is 2.33. The van der Waals surface area contributed by atoms with E-state index in [9.17, 15) is 0 Å². The zero-order chi connectivity index (χ0) is 10.7. The fraction of sp³-hybridized carbons (Fsp3) is 1.00. The lowest BCUT2D eigenvalue weighted by Crippen LogP contribution is -2.42. The van der Waals surface area contributed by atoms with Gasteiger partial charge in [0.05, 0.1) is 13.2 Å². The van der Waals surface area contributed by atoms with E-state index in [1.165, 1.54) is 45.3 Å². The molecule has 0 aromatic heterocycles. The predicted molar refractivity (Wildman–Crippen MR) is 61.8 cm³/mol. The molecule has 2 rings (SSSR count). The van der Waals surface area contributed by atoms with Crippen LogP contribution in [0.4, 0.5) is 0 Å². The minimum absolute atomic E-state index is 0.442. The maximum Gasteiger partial charge on any atom is 0.0542 e. The second-order valence-electron chi connectivity index (χ2n) is 5.59. The summed E-state index contributed by atoms with van der Waals surface area (Å²) in [6.45, 7) is 7.91. The molecular formula is C12H24N2O. The Hall–Kier alpha value is -0.120. The van der Waals surface area contributed by atoms with Crippen LogP contribution in [0.3, 0.4) is 0 Å². The van der Waals surface area contributed by atoms with Gasteiger partial charge < -0.3 is 15.4 Å². The Morgan fingerprint density at radius 1 is 1.33 bits per heavy atom. The summed E-state index contributed by atoms with van der Waals surface area (Å²) in [5.74, 6) is 0. The molecule has 1 atom stereocenters. The largest absolute Gasteiger partial charge is 0.380 e. The van der Waals surface area contributed by atoms with Crippen LogP contribution in [-0.4, -0.2) is 43.8 Å². The SMILES string of the molecule is CC1(CCN2CCCC(N)CC2)COC1. The van der Waals surface area contributed by atoms with Crippen molar-refractivity contribution in [3.05, 3.63) is 0 Å². The highest BCUT2D eigenvalue weighted by Crippen LogP contribution is 2.30. The predicted octanol–water partition coefficient (Wildman–Crippen LogP) is 1.23. The van der Waals surface area contributed by atoms with Crippen LogP contribution in [0, 0.1) is 5.41 Å². The quantitative estimate of drug-likeness (QED) is 0.764. The van der Waals surface area contributed by atoms with Crippen molar-refractivity contribution in [1.29, 1.82) is 0 Å². The maximum absolute atomic E-state index is 5.97. The Balaban J connectivity index is 1.69. The zero-order valence-corrected chi connectivity index (χ0v) is 9.87. The molecule has 2 heterocycles. The first-order valence-electron chi connectivity index (χ1n) is 6.24. The summed E-state index contributed by atoms with van der Waals surface area (Å²) in [6.07, 6.45) is 4.93. The summed E-state index contributed by atoms with van der Waals surface area (Å²) >= 11 is 0. The molecule has 0 bridgehead atoms. The molecule has 15 heavy (non-hydrogen) atoms. The monoisotopic (exact) mass is 212 g/mol. The van der Waals surface area contributed by atoms with Gasteiger partial charge in [0.2, 0.25) is 0 Å². The molecule has 3 nitrogen and oxygen atoms in total. The van der Waals surface area contributed by atoms with Crippen molar-refractivity contribution in [2.45, 2.75) is 38.6 Å². The van der Waals surface area contributed by atoms with E-state index >= 15 is 0 Å². The lowest BCUT2D eigenvalue weighted by Gasteiger charge is -2.39. The standard InChI is InChI=1S/C12H24N2O/c1-12(9-15-10-12)5-8-14-6-2-3-11(13)4-7-14/h11H,2-10,13H2,1H3. The smallest absolute Gasteiger partial charge is 0.0542 e. The average Bonchev–Trinajstić information content (AvgIpc) is 2.37. The van der Waals surface area contributed by atoms with Gasteiger partial charge in [-0.1, -0.05) is 6.92 Å². The van der Waals surface area contributed by atoms with Gasteiger partial charge in [0, 0.05) is 11.5 Å². The number of nitrogens with two attached hydrogens (primary N) is 1. The number of rotatable bonds is 3. The molecule has 2 saturated heterocycles. The van der Waals surface area contributed by atoms with E-state index in [1.807, 2.05) is 0 Å². The minimum atomic E-state index is 0.442. The lowest BCUT2D eigenvalue weighted by molar-refractivity contribution is -0.108. The van der Waals surface area contributed by atoms with Crippen LogP contribution in [0.25, 0.3) is 0 Å². The number of likely N-dealkylation sites (tertiary alicyclic amines) is 1. The first-order valence-corrected chi connectivity index (χ1v) is 6.24. The summed E-state index contributed by atoms with van der Waals surface area (Å²) < 4.78 is 5.28. The van der Waals surface area contributed by atoms with Crippen molar-refractivity contribution >= 4 is 0 Å². The van der Waals surface area contributed by atoms with Gasteiger partial charge in [-0.15, -0.1) is 0 Å². The van der Waals surface area contributed by atoms with Crippen molar-refractivity contribution < 1.29 is 4.74 Å². The van der Waals surface area contributed by atoms with Gasteiger partial charge in [0.1, 0.15) is 0 Å². The molecule has 0 aromatic rings. The van der Waals surface area contributed by atoms with Crippen LogP contribution in [0.1, 0.15) is 32.6 Å². The van der Waals surface area contributed by atoms with Crippen LogP contribution < -0.4 is 5.73 Å². The molecular weight excluding hydrogens is 188 g/mol. The van der Waals surface area contributed by atoms with Crippen molar-refractivity contribution in [3.63, 3.8) is 0 Å². The molecule has 2 aliphatic heterocycles. The molecule has 0 saturated carbocycles. The molecule has 0 spiro atoms. The number of hydrogen-bond donors (Lipinski definition) is 1. The number of ether oxygens (including phenoxy) is 1. The van der Waals surface area contributed by atoms with Gasteiger partial charge in [-0.2, -0.15) is 0 Å². The summed E-state index contributed by atoms with van der Waals surface area (Å²) in [5.41, 5.74) is 6.44. The van der Waals surface area contributed by atoms with Crippen LogP contribution in [0.15, 0.2) is 0 Å². The number of nitrogens with zero attached hydrogens (tertiary/aromatic N) is 1. The van der Waals surface area contributed by atoms with Gasteiger partial charge in [-0.25, -0.2) is 0 Å². The van der Waals surface area contributed by atoms with E-state index in [1.54, 1.807) is 0 Å². The van der Waals surface area contributed by atoms with Gasteiger partial charge >= 0.3 is 0 Å². The fourth-order valence-electron chi connectivity index (χ4n) is 2.43. The third kappa shape index (κ3) is 3.16. The average molecular weight is 212 g/mol. The Bertz CT molecular complexity index is 204. The molecule has 2 N–H and O–H groups in total. The molecule has 88 valence electrons. The first kappa shape index (κ1) is 11.4. The zero-order valence-electron chi connectivity index (χ0n) is 9.87. The van der Waals surface area contributed by atoms with E-state index in [4.69, 9.17) is 10.5 Å². The molecule has 2 aliphatic rings. The van der Waals surface area contributed by atoms with Crippen molar-refractivity contribution in [2.24, 2.45) is 11.1 Å². The second kappa shape index (κ2) is 4.81. The summed E-state index contributed by atoms with van der Waals surface area (Å²) in [4.78, 5) is 2.58. The third-order valence-electron chi connectivity index (χ3n) is 3.80. The Morgan fingerprint density at radius 3 is 2.80 bits per heavy atom. The van der Waals surface area contributed by atoms with E-state index in [-0.39, 0.29) is 0 Å². The normalized spacial score (nSPS) is 32.0. The summed E-state index contributed by atoms with van der Waals surface area (Å²) in [5, 5.41) is 0. The highest BCUT2D eigenvalue weighted by molar-refractivity contribution is 4.82. The van der Waals surface area contributed by atoms with Crippen molar-refractivity contribution in [1.82, 2.24) is 4.90 Å². The highest BCUT2D eigenvalue weighted by atomic mass is 16.5. The van der Waals surface area contributed by atoms with Gasteiger partial charge in [0.15, 0.2) is 0 Å². The van der Waals surface area contributed by atoms with Crippen LogP contribution >= 0.6 is 0 Å². The molecule has 2 fully saturated rings. The van der Waals surface area contributed by atoms with E-state index in [2.05, 4.69) is 11.8 Å². The molecule has 1 unspecified atom stereocenters. The summed E-state index contributed by atoms with van der Waals surface area (Å²) in [7, 11) is 0. The second-order valence-corrected chi connectivity index (χ2v) is 5.59. The number of hydrogen-bond acceptors (Lipinski definition) is 3. The first-order chi connectivity index (χ1) is 7.18. The maximum atomic E-state index is 5.97. The van der Waals surface area contributed by atoms with E-state index in [0.29, 0.717) is 11.5 Å². The molecule has 0 radical (unpaired) electrons. The molecule has 0 aliphatic carbocycles. The molecule has 0 aromatic carbocycles. The molecule has 3 heteroatoms. The van der Waals surface area contributed by atoms with Crippen LogP contribution in [-0.2, 0) is 4.74 Å². The van der Waals surface area contributed by atoms with Gasteiger partial charge in [-0.05, 0) is 45.3 Å². The van der Waals surface area contributed by atoms with Gasteiger partial charge in [0.25, 0.3) is 0 Å². The van der Waals surface area contributed by atoms with E-state index < -0.39 is 0 Å².